The summed E-state index contributed by atoms with van der Waals surface area (Å²) in [5.74, 6) is -0.148. The van der Waals surface area contributed by atoms with Crippen LogP contribution in [0, 0.1) is 0 Å². The number of halogens is 3. The molecule has 2 aromatic carbocycles. The van der Waals surface area contributed by atoms with Gasteiger partial charge in [-0.3, -0.25) is 9.69 Å². The molecule has 1 fully saturated rings. The summed E-state index contributed by atoms with van der Waals surface area (Å²) in [5.41, 5.74) is 0.741. The van der Waals surface area contributed by atoms with Gasteiger partial charge in [-0.25, -0.2) is 0 Å². The maximum atomic E-state index is 12.7. The molecule has 0 saturated carbocycles. The van der Waals surface area contributed by atoms with Gasteiger partial charge in [-0.1, -0.05) is 47.6 Å². The van der Waals surface area contributed by atoms with Crippen LogP contribution >= 0.6 is 0 Å². The lowest BCUT2D eigenvalue weighted by molar-refractivity contribution is -0.151. The van der Waals surface area contributed by atoms with Crippen molar-refractivity contribution in [1.82, 2.24) is 15.0 Å². The fourth-order valence-corrected chi connectivity index (χ4v) is 3.57. The van der Waals surface area contributed by atoms with Crippen LogP contribution < -0.4 is 0 Å². The van der Waals surface area contributed by atoms with Crippen molar-refractivity contribution in [3.8, 4) is 11.4 Å². The molecule has 0 bridgehead atoms. The molecule has 2 heterocycles. The zero-order valence-electron chi connectivity index (χ0n) is 16.5. The largest absolute Gasteiger partial charge is 0.454 e. The Hall–Kier alpha value is -3.20. The van der Waals surface area contributed by atoms with Crippen LogP contribution in [0.15, 0.2) is 59.1 Å². The lowest BCUT2D eigenvalue weighted by Crippen LogP contribution is -2.36. The first kappa shape index (κ1) is 21.0. The van der Waals surface area contributed by atoms with Crippen molar-refractivity contribution in [3.63, 3.8) is 0 Å². The third kappa shape index (κ3) is 5.11. The van der Waals surface area contributed by atoms with Crippen LogP contribution in [0.2, 0.25) is 0 Å². The third-order valence-corrected chi connectivity index (χ3v) is 5.14. The summed E-state index contributed by atoms with van der Waals surface area (Å²) in [6, 6.07) is 14.0. The number of benzene rings is 2. The van der Waals surface area contributed by atoms with Gasteiger partial charge in [0, 0.05) is 12.1 Å². The zero-order valence-corrected chi connectivity index (χ0v) is 16.5. The number of nitrogens with zero attached hydrogens (tertiary/aromatic N) is 3. The highest BCUT2D eigenvalue weighted by Gasteiger charge is 2.32. The van der Waals surface area contributed by atoms with E-state index in [-0.39, 0.29) is 30.3 Å². The fourth-order valence-electron chi connectivity index (χ4n) is 3.57. The van der Waals surface area contributed by atoms with Crippen LogP contribution in [0.4, 0.5) is 13.2 Å². The first-order valence-corrected chi connectivity index (χ1v) is 9.85. The Balaban J connectivity index is 1.34. The summed E-state index contributed by atoms with van der Waals surface area (Å²) in [7, 11) is 0. The molecule has 6 nitrogen and oxygen atoms in total. The highest BCUT2D eigenvalue weighted by Crippen LogP contribution is 2.30. The van der Waals surface area contributed by atoms with Crippen LogP contribution in [0.25, 0.3) is 11.4 Å². The van der Waals surface area contributed by atoms with Crippen LogP contribution in [0.3, 0.4) is 0 Å². The lowest BCUT2D eigenvalue weighted by atomic mass is 10.1. The van der Waals surface area contributed by atoms with E-state index in [0.29, 0.717) is 18.5 Å². The standard InChI is InChI=1S/C22H20F3N3O3/c23-22(24,25)17-10-8-16(9-11-17)20-26-19(31-27-20)14-30-21(29)18-7-4-12-28(18)13-15-5-2-1-3-6-15/h1-3,5-6,8-11,18H,4,7,12-14H2/t18-/m1/s1. The Morgan fingerprint density at radius 1 is 1.13 bits per heavy atom. The van der Waals surface area contributed by atoms with Gasteiger partial charge < -0.3 is 9.26 Å². The molecule has 31 heavy (non-hydrogen) atoms. The summed E-state index contributed by atoms with van der Waals surface area (Å²) in [6.45, 7) is 1.29. The number of carbonyl (C=O) groups excluding carboxylic acids is 1. The first-order chi connectivity index (χ1) is 14.9. The highest BCUT2D eigenvalue weighted by atomic mass is 19.4. The van der Waals surface area contributed by atoms with Crippen molar-refractivity contribution in [2.75, 3.05) is 6.54 Å². The third-order valence-electron chi connectivity index (χ3n) is 5.14. The van der Waals surface area contributed by atoms with Crippen LogP contribution in [-0.4, -0.2) is 33.6 Å². The summed E-state index contributed by atoms with van der Waals surface area (Å²) >= 11 is 0. The minimum absolute atomic E-state index is 0.0795. The Bertz CT molecular complexity index is 1020. The predicted molar refractivity (Wildman–Crippen MR) is 104 cm³/mol. The Morgan fingerprint density at radius 2 is 1.87 bits per heavy atom. The Kier molecular flexibility index (Phi) is 6.03. The van der Waals surface area contributed by atoms with E-state index in [2.05, 4.69) is 15.0 Å². The molecule has 1 aliphatic rings. The lowest BCUT2D eigenvalue weighted by Gasteiger charge is -2.22. The quantitative estimate of drug-likeness (QED) is 0.537. The van der Waals surface area contributed by atoms with Crippen molar-refractivity contribution < 1.29 is 27.2 Å². The minimum atomic E-state index is -4.41. The fraction of sp³-hybridized carbons (Fsp3) is 0.318. The maximum Gasteiger partial charge on any atom is 0.416 e. The molecule has 0 unspecified atom stereocenters. The molecule has 1 aliphatic heterocycles. The van der Waals surface area contributed by atoms with E-state index in [4.69, 9.17) is 9.26 Å². The van der Waals surface area contributed by atoms with E-state index in [0.717, 1.165) is 30.7 Å². The number of likely N-dealkylation sites (tertiary alicyclic amines) is 1. The second-order valence-corrected chi connectivity index (χ2v) is 7.31. The number of hydrogen-bond acceptors (Lipinski definition) is 6. The molecule has 162 valence electrons. The molecule has 0 aliphatic carbocycles. The Morgan fingerprint density at radius 3 is 2.58 bits per heavy atom. The van der Waals surface area contributed by atoms with E-state index in [1.807, 2.05) is 30.3 Å². The average molecular weight is 431 g/mol. The van der Waals surface area contributed by atoms with Crippen LogP contribution in [-0.2, 0) is 28.9 Å². The first-order valence-electron chi connectivity index (χ1n) is 9.85. The number of hydrogen-bond donors (Lipinski definition) is 0. The monoisotopic (exact) mass is 431 g/mol. The number of rotatable bonds is 6. The van der Waals surface area contributed by atoms with Gasteiger partial charge in [-0.05, 0) is 37.1 Å². The van der Waals surface area contributed by atoms with Crippen molar-refractivity contribution in [1.29, 1.82) is 0 Å². The average Bonchev–Trinajstić information content (AvgIpc) is 3.42. The number of carbonyl (C=O) groups is 1. The number of alkyl halides is 3. The second-order valence-electron chi connectivity index (χ2n) is 7.31. The van der Waals surface area contributed by atoms with Crippen molar-refractivity contribution >= 4 is 5.97 Å². The van der Waals surface area contributed by atoms with Gasteiger partial charge in [0.25, 0.3) is 5.89 Å². The number of aromatic nitrogens is 2. The normalized spacial score (nSPS) is 17.1. The molecule has 3 aromatic rings. The predicted octanol–water partition coefficient (Wildman–Crippen LogP) is 4.46. The van der Waals surface area contributed by atoms with Gasteiger partial charge in [0.1, 0.15) is 6.04 Å². The molecule has 9 heteroatoms. The van der Waals surface area contributed by atoms with E-state index < -0.39 is 11.7 Å². The smallest absolute Gasteiger partial charge is 0.416 e. The summed E-state index contributed by atoms with van der Waals surface area (Å²) in [6.07, 6.45) is -2.79. The van der Waals surface area contributed by atoms with Crippen molar-refractivity contribution in [2.24, 2.45) is 0 Å². The van der Waals surface area contributed by atoms with Gasteiger partial charge in [-0.2, -0.15) is 18.2 Å². The molecular weight excluding hydrogens is 411 g/mol. The SMILES string of the molecule is O=C(OCc1nc(-c2ccc(C(F)(F)F)cc2)no1)[C@H]1CCCN1Cc1ccccc1. The van der Waals surface area contributed by atoms with Gasteiger partial charge in [-0.15, -0.1) is 0 Å². The Labute approximate surface area is 176 Å². The minimum Gasteiger partial charge on any atom is -0.454 e. The summed E-state index contributed by atoms with van der Waals surface area (Å²) in [5, 5.41) is 3.76. The topological polar surface area (TPSA) is 68.5 Å². The molecule has 0 amide bonds. The zero-order chi connectivity index (χ0) is 21.8. The molecule has 1 aromatic heterocycles. The highest BCUT2D eigenvalue weighted by molar-refractivity contribution is 5.76. The van der Waals surface area contributed by atoms with E-state index >= 15 is 0 Å². The molecule has 0 spiro atoms. The number of ether oxygens (including phenoxy) is 1. The molecule has 4 rings (SSSR count). The van der Waals surface area contributed by atoms with E-state index in [9.17, 15) is 18.0 Å². The van der Waals surface area contributed by atoms with Crippen molar-refractivity contribution in [3.05, 3.63) is 71.6 Å². The van der Waals surface area contributed by atoms with E-state index in [1.165, 1.54) is 12.1 Å². The molecule has 0 N–H and O–H groups in total. The van der Waals surface area contributed by atoms with E-state index in [1.54, 1.807) is 0 Å². The summed E-state index contributed by atoms with van der Waals surface area (Å²) in [4.78, 5) is 18.8. The molecular formula is C22H20F3N3O3. The number of esters is 1. The van der Waals surface area contributed by atoms with Gasteiger partial charge >= 0.3 is 12.1 Å². The summed E-state index contributed by atoms with van der Waals surface area (Å²) < 4.78 is 48.5. The van der Waals surface area contributed by atoms with Gasteiger partial charge in [0.2, 0.25) is 5.82 Å². The molecule has 0 radical (unpaired) electrons. The molecule has 1 atom stereocenters. The van der Waals surface area contributed by atoms with Gasteiger partial charge in [0.15, 0.2) is 6.61 Å². The van der Waals surface area contributed by atoms with Crippen molar-refractivity contribution in [2.45, 2.75) is 38.2 Å². The maximum absolute atomic E-state index is 12.7. The van der Waals surface area contributed by atoms with Crippen LogP contribution in [0.5, 0.6) is 0 Å². The van der Waals surface area contributed by atoms with Crippen LogP contribution in [0.1, 0.15) is 29.9 Å². The van der Waals surface area contributed by atoms with Gasteiger partial charge in [0.05, 0.1) is 5.56 Å². The molecule has 1 saturated heterocycles. The second kappa shape index (κ2) is 8.89.